The Kier molecular flexibility index (Phi) is 5.16. The molecule has 6 heteroatoms. The molecule has 2 aromatic heterocycles. The minimum atomic E-state index is -0.356. The predicted molar refractivity (Wildman–Crippen MR) is 119 cm³/mol. The average Bonchev–Trinajstić information content (AvgIpc) is 3.11. The number of imidazole rings is 1. The number of benzene rings is 2. The molecule has 0 N–H and O–H groups in total. The maximum Gasteiger partial charge on any atom is 0.337 e. The highest BCUT2D eigenvalue weighted by Crippen LogP contribution is 2.16. The fraction of sp³-hybridized carbons (Fsp3) is 0.292. The van der Waals surface area contributed by atoms with Crippen molar-refractivity contribution in [2.75, 3.05) is 0 Å². The lowest BCUT2D eigenvalue weighted by Crippen LogP contribution is -2.41. The van der Waals surface area contributed by atoms with E-state index in [9.17, 15) is 9.59 Å². The number of aromatic nitrogens is 4. The minimum absolute atomic E-state index is 0.160. The standard InChI is InChI=1S/C24H26N4O2/c1-16(2)13-27-23(29)21-22(28(24(27)30)20-11-7-18(4)8-12-20)25-15-26(21)14-19-9-5-17(3)6-10-19/h5-12,15-16H,13-14H2,1-4H3. The summed E-state index contributed by atoms with van der Waals surface area (Å²) in [5, 5.41) is 0. The molecule has 6 nitrogen and oxygen atoms in total. The first-order chi connectivity index (χ1) is 14.3. The zero-order valence-electron chi connectivity index (χ0n) is 17.8. The van der Waals surface area contributed by atoms with Crippen LogP contribution in [-0.4, -0.2) is 18.7 Å². The van der Waals surface area contributed by atoms with E-state index in [0.717, 1.165) is 11.1 Å². The van der Waals surface area contributed by atoms with Crippen molar-refractivity contribution < 1.29 is 0 Å². The molecule has 0 bridgehead atoms. The topological polar surface area (TPSA) is 61.8 Å². The maximum absolute atomic E-state index is 13.3. The van der Waals surface area contributed by atoms with Crippen molar-refractivity contribution in [2.45, 2.75) is 40.8 Å². The van der Waals surface area contributed by atoms with Gasteiger partial charge in [-0.2, -0.15) is 0 Å². The van der Waals surface area contributed by atoms with E-state index in [-0.39, 0.29) is 17.2 Å². The summed E-state index contributed by atoms with van der Waals surface area (Å²) in [5.41, 5.74) is 4.24. The highest BCUT2D eigenvalue weighted by atomic mass is 16.2. The normalized spacial score (nSPS) is 11.5. The van der Waals surface area contributed by atoms with Gasteiger partial charge in [0.2, 0.25) is 0 Å². The Morgan fingerprint density at radius 3 is 2.10 bits per heavy atom. The molecule has 0 aliphatic rings. The van der Waals surface area contributed by atoms with E-state index in [1.165, 1.54) is 10.1 Å². The van der Waals surface area contributed by atoms with Gasteiger partial charge in [0.25, 0.3) is 5.56 Å². The van der Waals surface area contributed by atoms with Crippen molar-refractivity contribution in [3.8, 4) is 5.69 Å². The maximum atomic E-state index is 13.3. The van der Waals surface area contributed by atoms with Crippen molar-refractivity contribution in [1.82, 2.24) is 18.7 Å². The number of nitrogens with zero attached hydrogens (tertiary/aromatic N) is 4. The van der Waals surface area contributed by atoms with Gasteiger partial charge in [-0.3, -0.25) is 9.36 Å². The molecule has 4 aromatic rings. The Bertz CT molecular complexity index is 1310. The molecule has 0 amide bonds. The third-order valence-corrected chi connectivity index (χ3v) is 5.21. The summed E-state index contributed by atoms with van der Waals surface area (Å²) in [4.78, 5) is 31.1. The summed E-state index contributed by atoms with van der Waals surface area (Å²) < 4.78 is 4.72. The molecule has 0 spiro atoms. The van der Waals surface area contributed by atoms with Gasteiger partial charge >= 0.3 is 5.69 Å². The van der Waals surface area contributed by atoms with Crippen molar-refractivity contribution in [1.29, 1.82) is 0 Å². The molecule has 0 saturated heterocycles. The lowest BCUT2D eigenvalue weighted by atomic mass is 10.1. The highest BCUT2D eigenvalue weighted by Gasteiger charge is 2.19. The molecular formula is C24H26N4O2. The van der Waals surface area contributed by atoms with Crippen LogP contribution in [0.25, 0.3) is 16.9 Å². The third-order valence-electron chi connectivity index (χ3n) is 5.21. The largest absolute Gasteiger partial charge is 0.337 e. The first-order valence-electron chi connectivity index (χ1n) is 10.2. The van der Waals surface area contributed by atoms with Crippen LogP contribution in [0.5, 0.6) is 0 Å². The van der Waals surface area contributed by atoms with Gasteiger partial charge in [-0.1, -0.05) is 61.4 Å². The summed E-state index contributed by atoms with van der Waals surface area (Å²) in [6, 6.07) is 15.9. The van der Waals surface area contributed by atoms with Gasteiger partial charge in [-0.25, -0.2) is 14.3 Å². The van der Waals surface area contributed by atoms with Gasteiger partial charge in [0.1, 0.15) is 0 Å². The Balaban J connectivity index is 1.97. The number of aryl methyl sites for hydroxylation is 2. The molecule has 2 aromatic carbocycles. The van der Waals surface area contributed by atoms with Gasteiger partial charge in [0, 0.05) is 13.1 Å². The predicted octanol–water partition coefficient (Wildman–Crippen LogP) is 3.67. The van der Waals surface area contributed by atoms with Crippen LogP contribution in [-0.2, 0) is 13.1 Å². The third kappa shape index (κ3) is 3.61. The van der Waals surface area contributed by atoms with E-state index < -0.39 is 0 Å². The highest BCUT2D eigenvalue weighted by molar-refractivity contribution is 5.72. The van der Waals surface area contributed by atoms with E-state index in [1.807, 2.05) is 80.8 Å². The van der Waals surface area contributed by atoms with Crippen LogP contribution in [0.2, 0.25) is 0 Å². The summed E-state index contributed by atoms with van der Waals surface area (Å²) in [6.07, 6.45) is 1.65. The van der Waals surface area contributed by atoms with Crippen molar-refractivity contribution in [3.05, 3.63) is 92.4 Å². The van der Waals surface area contributed by atoms with Crippen molar-refractivity contribution in [3.63, 3.8) is 0 Å². The van der Waals surface area contributed by atoms with Crippen molar-refractivity contribution >= 4 is 11.2 Å². The zero-order chi connectivity index (χ0) is 21.4. The minimum Gasteiger partial charge on any atom is -0.320 e. The Labute approximate surface area is 175 Å². The molecule has 0 unspecified atom stereocenters. The van der Waals surface area contributed by atoms with E-state index >= 15 is 0 Å². The second-order valence-electron chi connectivity index (χ2n) is 8.29. The lowest BCUT2D eigenvalue weighted by Gasteiger charge is -2.14. The Morgan fingerprint density at radius 2 is 1.50 bits per heavy atom. The van der Waals surface area contributed by atoms with Crippen LogP contribution in [0.15, 0.2) is 64.4 Å². The van der Waals surface area contributed by atoms with Gasteiger partial charge < -0.3 is 4.57 Å². The van der Waals surface area contributed by atoms with Crippen LogP contribution in [0, 0.1) is 19.8 Å². The SMILES string of the molecule is Cc1ccc(Cn2cnc3c2c(=O)n(CC(C)C)c(=O)n3-c2ccc(C)cc2)cc1. The molecular weight excluding hydrogens is 376 g/mol. The van der Waals surface area contributed by atoms with Gasteiger partial charge in [-0.05, 0) is 37.5 Å². The van der Waals surface area contributed by atoms with Crippen molar-refractivity contribution in [2.24, 2.45) is 5.92 Å². The number of rotatable bonds is 5. The molecule has 0 atom stereocenters. The quantitative estimate of drug-likeness (QED) is 0.512. The van der Waals surface area contributed by atoms with Gasteiger partial charge in [0.05, 0.1) is 12.0 Å². The van der Waals surface area contributed by atoms with Crippen LogP contribution in [0.3, 0.4) is 0 Å². The fourth-order valence-electron chi connectivity index (χ4n) is 3.64. The summed E-state index contributed by atoms with van der Waals surface area (Å²) in [6.45, 7) is 8.90. The number of fused-ring (bicyclic) bond motifs is 1. The molecule has 0 aliphatic carbocycles. The van der Waals surface area contributed by atoms with Crippen LogP contribution >= 0.6 is 0 Å². The van der Waals surface area contributed by atoms with Crippen LogP contribution in [0.4, 0.5) is 0 Å². The Morgan fingerprint density at radius 1 is 0.900 bits per heavy atom. The molecule has 154 valence electrons. The summed E-state index contributed by atoms with van der Waals surface area (Å²) >= 11 is 0. The van der Waals surface area contributed by atoms with Gasteiger partial charge in [0.15, 0.2) is 11.2 Å². The van der Waals surface area contributed by atoms with Crippen LogP contribution < -0.4 is 11.2 Å². The summed E-state index contributed by atoms with van der Waals surface area (Å²) in [7, 11) is 0. The van der Waals surface area contributed by atoms with E-state index in [1.54, 1.807) is 10.9 Å². The smallest absolute Gasteiger partial charge is 0.320 e. The van der Waals surface area contributed by atoms with E-state index in [4.69, 9.17) is 0 Å². The number of hydrogen-bond acceptors (Lipinski definition) is 3. The molecule has 0 radical (unpaired) electrons. The first-order valence-corrected chi connectivity index (χ1v) is 10.2. The molecule has 2 heterocycles. The van der Waals surface area contributed by atoms with E-state index in [2.05, 4.69) is 4.98 Å². The number of hydrogen-bond donors (Lipinski definition) is 0. The molecule has 30 heavy (non-hydrogen) atoms. The average molecular weight is 402 g/mol. The summed E-state index contributed by atoms with van der Waals surface area (Å²) in [5.74, 6) is 0.160. The van der Waals surface area contributed by atoms with E-state index in [0.29, 0.717) is 29.9 Å². The van der Waals surface area contributed by atoms with Crippen LogP contribution in [0.1, 0.15) is 30.5 Å². The first kappa shape index (κ1) is 19.9. The molecule has 4 rings (SSSR count). The monoisotopic (exact) mass is 402 g/mol. The Hall–Kier alpha value is -3.41. The molecule has 0 saturated carbocycles. The zero-order valence-corrected chi connectivity index (χ0v) is 17.8. The fourth-order valence-corrected chi connectivity index (χ4v) is 3.64. The lowest BCUT2D eigenvalue weighted by molar-refractivity contribution is 0.489. The molecule has 0 aliphatic heterocycles. The second-order valence-corrected chi connectivity index (χ2v) is 8.29. The molecule has 0 fully saturated rings. The second kappa shape index (κ2) is 7.78. The van der Waals surface area contributed by atoms with Gasteiger partial charge in [-0.15, -0.1) is 0 Å².